The number of carbonyl (C=O) groups is 2. The van der Waals surface area contributed by atoms with Crippen molar-refractivity contribution in [1.82, 2.24) is 10.6 Å². The van der Waals surface area contributed by atoms with Crippen molar-refractivity contribution in [3.05, 3.63) is 54.1 Å². The van der Waals surface area contributed by atoms with Crippen LogP contribution < -0.4 is 16.0 Å². The summed E-state index contributed by atoms with van der Waals surface area (Å²) in [5, 5.41) is 18.8. The number of amides is 1. The number of carboxylic acids is 1. The zero-order valence-electron chi connectivity index (χ0n) is 18.1. The van der Waals surface area contributed by atoms with Gasteiger partial charge in [0.25, 0.3) is 5.91 Å². The van der Waals surface area contributed by atoms with E-state index in [-0.39, 0.29) is 5.91 Å². The third kappa shape index (κ3) is 8.26. The fraction of sp³-hybridized carbons (Fsp3) is 0.417. The number of carboxylic acid groups (broad SMARTS) is 1. The Labute approximate surface area is 190 Å². The van der Waals surface area contributed by atoms with Crippen LogP contribution in [-0.4, -0.2) is 42.0 Å². The van der Waals surface area contributed by atoms with Gasteiger partial charge in [-0.25, -0.2) is 4.79 Å². The van der Waals surface area contributed by atoms with Gasteiger partial charge in [-0.15, -0.1) is 0 Å². The first-order valence-electron chi connectivity index (χ1n) is 10.9. The first-order chi connectivity index (χ1) is 15.1. The quantitative estimate of drug-likeness (QED) is 0.170. The van der Waals surface area contributed by atoms with Crippen molar-refractivity contribution in [2.24, 2.45) is 0 Å². The molecule has 2 aromatic rings. The Morgan fingerprint density at radius 3 is 2.52 bits per heavy atom. The van der Waals surface area contributed by atoms with Crippen molar-refractivity contribution in [2.45, 2.75) is 45.1 Å². The lowest BCUT2D eigenvalue weighted by Crippen LogP contribution is -2.40. The van der Waals surface area contributed by atoms with Crippen molar-refractivity contribution in [3.8, 4) is 11.1 Å². The Morgan fingerprint density at radius 2 is 1.84 bits per heavy atom. The molecule has 0 radical (unpaired) electrons. The van der Waals surface area contributed by atoms with Crippen molar-refractivity contribution in [1.29, 1.82) is 0 Å². The van der Waals surface area contributed by atoms with Crippen LogP contribution in [0.25, 0.3) is 11.1 Å². The fourth-order valence-electron chi connectivity index (χ4n) is 3.23. The van der Waals surface area contributed by atoms with Crippen LogP contribution in [0.15, 0.2) is 48.5 Å². The topological polar surface area (TPSA) is 90.5 Å². The van der Waals surface area contributed by atoms with Gasteiger partial charge in [-0.05, 0) is 60.9 Å². The summed E-state index contributed by atoms with van der Waals surface area (Å²) in [6, 6.07) is 14.3. The van der Waals surface area contributed by atoms with Crippen LogP contribution >= 0.6 is 12.6 Å². The van der Waals surface area contributed by atoms with Crippen molar-refractivity contribution >= 4 is 30.2 Å². The summed E-state index contributed by atoms with van der Waals surface area (Å²) in [7, 11) is 0. The Hall–Kier alpha value is -2.51. The predicted molar refractivity (Wildman–Crippen MR) is 130 cm³/mol. The van der Waals surface area contributed by atoms with E-state index in [1.54, 1.807) is 6.07 Å². The Balaban J connectivity index is 2.18. The third-order valence-electron chi connectivity index (χ3n) is 4.98. The first kappa shape index (κ1) is 24.8. The highest BCUT2D eigenvalue weighted by atomic mass is 32.1. The zero-order chi connectivity index (χ0) is 22.5. The maximum absolute atomic E-state index is 13.0. The highest BCUT2D eigenvalue weighted by Crippen LogP contribution is 2.27. The van der Waals surface area contributed by atoms with Crippen molar-refractivity contribution in [3.63, 3.8) is 0 Å². The van der Waals surface area contributed by atoms with Crippen molar-refractivity contribution < 1.29 is 14.7 Å². The molecule has 31 heavy (non-hydrogen) atoms. The minimum absolute atomic E-state index is 0.376. The number of benzene rings is 2. The van der Waals surface area contributed by atoms with Crippen LogP contribution in [0.2, 0.25) is 0 Å². The fourth-order valence-corrected chi connectivity index (χ4v) is 3.45. The maximum atomic E-state index is 13.0. The monoisotopic (exact) mass is 443 g/mol. The van der Waals surface area contributed by atoms with Gasteiger partial charge >= 0.3 is 5.97 Å². The number of rotatable bonds is 14. The van der Waals surface area contributed by atoms with E-state index < -0.39 is 12.0 Å². The van der Waals surface area contributed by atoms with Gasteiger partial charge in [0.05, 0.1) is 6.67 Å². The number of anilines is 1. The van der Waals surface area contributed by atoms with Gasteiger partial charge in [0, 0.05) is 11.3 Å². The highest BCUT2D eigenvalue weighted by Gasteiger charge is 2.22. The average molecular weight is 444 g/mol. The second-order valence-corrected chi connectivity index (χ2v) is 7.86. The Kier molecular flexibility index (Phi) is 11.0. The molecule has 1 amide bonds. The minimum atomic E-state index is -1.01. The summed E-state index contributed by atoms with van der Waals surface area (Å²) >= 11 is 4.21. The molecule has 0 saturated carbocycles. The molecule has 6 nitrogen and oxygen atoms in total. The van der Waals surface area contributed by atoms with Gasteiger partial charge in [0.15, 0.2) is 0 Å². The second kappa shape index (κ2) is 13.7. The molecule has 2 aromatic carbocycles. The number of aliphatic carboxylic acids is 1. The van der Waals surface area contributed by atoms with E-state index in [1.807, 2.05) is 49.4 Å². The minimum Gasteiger partial charge on any atom is -0.480 e. The van der Waals surface area contributed by atoms with Crippen molar-refractivity contribution in [2.75, 3.05) is 24.3 Å². The lowest BCUT2D eigenvalue weighted by Gasteiger charge is -2.17. The maximum Gasteiger partial charge on any atom is 0.326 e. The molecule has 0 aromatic heterocycles. The van der Waals surface area contributed by atoms with Gasteiger partial charge < -0.3 is 21.1 Å². The second-order valence-electron chi connectivity index (χ2n) is 7.42. The number of unbranched alkanes of at least 4 members (excludes halogenated alkanes) is 2. The van der Waals surface area contributed by atoms with Crippen LogP contribution in [0, 0.1) is 0 Å². The zero-order valence-corrected chi connectivity index (χ0v) is 19.0. The number of hydrogen-bond donors (Lipinski definition) is 5. The molecule has 0 aliphatic rings. The number of hydrogen-bond acceptors (Lipinski definition) is 5. The molecule has 0 spiro atoms. The molecule has 0 saturated heterocycles. The number of thiol groups is 1. The predicted octanol–water partition coefficient (Wildman–Crippen LogP) is 4.40. The highest BCUT2D eigenvalue weighted by molar-refractivity contribution is 7.80. The largest absolute Gasteiger partial charge is 0.480 e. The summed E-state index contributed by atoms with van der Waals surface area (Å²) in [5.74, 6) is -0.496. The van der Waals surface area contributed by atoms with Crippen LogP contribution in [0.1, 0.15) is 49.4 Å². The first-order valence-corrected chi connectivity index (χ1v) is 11.5. The van der Waals surface area contributed by atoms with Gasteiger partial charge in [0.2, 0.25) is 0 Å². The number of carbonyl (C=O) groups excluding carboxylic acids is 1. The summed E-state index contributed by atoms with van der Waals surface area (Å²) in [4.78, 5) is 24.5. The summed E-state index contributed by atoms with van der Waals surface area (Å²) < 4.78 is 0. The summed E-state index contributed by atoms with van der Waals surface area (Å²) in [6.07, 6.45) is 4.18. The normalized spacial score (nSPS) is 11.7. The summed E-state index contributed by atoms with van der Waals surface area (Å²) in [6.45, 7) is 3.52. The SMILES string of the molecule is CCCC[C@H](NC(=O)c1ccc(NCNCCCCS)cc1-c1ccccc1)C(=O)O. The van der Waals surface area contributed by atoms with Gasteiger partial charge in [-0.3, -0.25) is 4.79 Å². The van der Waals surface area contributed by atoms with Gasteiger partial charge in [-0.1, -0.05) is 50.1 Å². The molecule has 0 unspecified atom stereocenters. The standard InChI is InChI=1S/C24H33N3O3S/c1-2-3-11-22(24(29)30)27-23(28)20-13-12-19(26-17-25-14-7-8-15-31)16-21(20)18-9-5-4-6-10-18/h4-6,9-10,12-13,16,22,25-26,31H,2-3,7-8,11,14-15,17H2,1H3,(H,27,28)(H,29,30)/t22-/m0/s1. The third-order valence-corrected chi connectivity index (χ3v) is 5.29. The van der Waals surface area contributed by atoms with Crippen LogP contribution in [0.4, 0.5) is 5.69 Å². The molecule has 1 atom stereocenters. The Morgan fingerprint density at radius 1 is 1.06 bits per heavy atom. The molecular formula is C24H33N3O3S. The van der Waals surface area contributed by atoms with Gasteiger partial charge in [-0.2, -0.15) is 12.6 Å². The van der Waals surface area contributed by atoms with Gasteiger partial charge in [0.1, 0.15) is 6.04 Å². The van der Waals surface area contributed by atoms with E-state index in [4.69, 9.17) is 0 Å². The molecular weight excluding hydrogens is 410 g/mol. The van der Waals surface area contributed by atoms with Crippen LogP contribution in [0.5, 0.6) is 0 Å². The van der Waals surface area contributed by atoms with E-state index in [0.29, 0.717) is 18.7 Å². The van der Waals surface area contributed by atoms with E-state index in [9.17, 15) is 14.7 Å². The Bertz CT molecular complexity index is 830. The van der Waals surface area contributed by atoms with E-state index in [2.05, 4.69) is 28.6 Å². The smallest absolute Gasteiger partial charge is 0.326 e. The summed E-state index contributed by atoms with van der Waals surface area (Å²) in [5.41, 5.74) is 3.01. The molecule has 2 rings (SSSR count). The van der Waals surface area contributed by atoms with E-state index in [1.165, 1.54) is 0 Å². The average Bonchev–Trinajstić information content (AvgIpc) is 2.79. The lowest BCUT2D eigenvalue weighted by atomic mass is 9.98. The van der Waals surface area contributed by atoms with Crippen LogP contribution in [-0.2, 0) is 4.79 Å². The molecule has 0 bridgehead atoms. The number of nitrogens with one attached hydrogen (secondary N) is 3. The lowest BCUT2D eigenvalue weighted by molar-refractivity contribution is -0.139. The molecule has 0 aliphatic heterocycles. The van der Waals surface area contributed by atoms with E-state index in [0.717, 1.165) is 54.8 Å². The molecule has 0 fully saturated rings. The molecule has 168 valence electrons. The molecule has 0 aliphatic carbocycles. The molecule has 7 heteroatoms. The molecule has 4 N–H and O–H groups in total. The van der Waals surface area contributed by atoms with Crippen LogP contribution in [0.3, 0.4) is 0 Å². The molecule has 0 heterocycles. The van der Waals surface area contributed by atoms with E-state index >= 15 is 0 Å².